The molecule has 1 aliphatic rings. The molecule has 0 atom stereocenters. The van der Waals surface area contributed by atoms with Crippen LogP contribution >= 0.6 is 0 Å². The minimum atomic E-state index is 0.565. The first-order valence-electron chi connectivity index (χ1n) is 10.4. The van der Waals surface area contributed by atoms with Crippen molar-refractivity contribution in [1.29, 1.82) is 0 Å². The summed E-state index contributed by atoms with van der Waals surface area (Å²) in [6, 6.07) is 12.4. The minimum absolute atomic E-state index is 0.565. The van der Waals surface area contributed by atoms with Gasteiger partial charge in [-0.1, -0.05) is 18.6 Å². The number of likely N-dealkylation sites (tertiary alicyclic amines) is 1. The first-order valence-corrected chi connectivity index (χ1v) is 10.4. The molecule has 152 valence electrons. The van der Waals surface area contributed by atoms with Crippen molar-refractivity contribution in [3.05, 3.63) is 60.6 Å². The second kappa shape index (κ2) is 8.20. The van der Waals surface area contributed by atoms with Crippen LogP contribution in [0.25, 0.3) is 22.6 Å². The fourth-order valence-corrected chi connectivity index (χ4v) is 4.00. The van der Waals surface area contributed by atoms with E-state index in [0.29, 0.717) is 5.95 Å². The van der Waals surface area contributed by atoms with Crippen molar-refractivity contribution in [3.8, 4) is 11.4 Å². The van der Waals surface area contributed by atoms with Gasteiger partial charge in [0.05, 0.1) is 6.20 Å². The van der Waals surface area contributed by atoms with Crippen molar-refractivity contribution in [2.75, 3.05) is 18.4 Å². The van der Waals surface area contributed by atoms with Crippen molar-refractivity contribution < 1.29 is 0 Å². The molecule has 1 N–H and O–H groups in total. The van der Waals surface area contributed by atoms with Crippen LogP contribution < -0.4 is 5.32 Å². The summed E-state index contributed by atoms with van der Waals surface area (Å²) in [4.78, 5) is 20.4. The summed E-state index contributed by atoms with van der Waals surface area (Å²) in [6.45, 7) is 3.44. The zero-order chi connectivity index (χ0) is 20.3. The van der Waals surface area contributed by atoms with E-state index in [0.717, 1.165) is 34.8 Å². The van der Waals surface area contributed by atoms with E-state index in [4.69, 9.17) is 0 Å². The summed E-state index contributed by atoms with van der Waals surface area (Å²) in [5.41, 5.74) is 4.89. The number of benzene rings is 1. The molecular weight excluding hydrogens is 374 g/mol. The Hall–Kier alpha value is -3.32. The number of nitrogens with zero attached hydrogens (tertiary/aromatic N) is 6. The van der Waals surface area contributed by atoms with E-state index in [1.807, 2.05) is 23.7 Å². The van der Waals surface area contributed by atoms with Crippen molar-refractivity contribution in [2.45, 2.75) is 25.8 Å². The summed E-state index contributed by atoms with van der Waals surface area (Å²) in [6.07, 6.45) is 9.29. The maximum Gasteiger partial charge on any atom is 0.229 e. The summed E-state index contributed by atoms with van der Waals surface area (Å²) in [5, 5.41) is 3.32. The number of anilines is 2. The van der Waals surface area contributed by atoms with Crippen LogP contribution in [0.1, 0.15) is 24.8 Å². The maximum absolute atomic E-state index is 4.69. The highest BCUT2D eigenvalue weighted by Crippen LogP contribution is 2.23. The Labute approximate surface area is 175 Å². The van der Waals surface area contributed by atoms with Gasteiger partial charge in [-0.25, -0.2) is 9.97 Å². The SMILES string of the molecule is Cn1c(-c2ccncc2)nc2cnc(Nc3ccc(CN4CCCCC4)cc3)nc21. The Balaban J connectivity index is 1.33. The smallest absolute Gasteiger partial charge is 0.229 e. The van der Waals surface area contributed by atoms with Crippen molar-refractivity contribution in [2.24, 2.45) is 7.05 Å². The number of fused-ring (bicyclic) bond motifs is 1. The average molecular weight is 400 g/mol. The van der Waals surface area contributed by atoms with Crippen LogP contribution in [0.4, 0.5) is 11.6 Å². The Kier molecular flexibility index (Phi) is 5.11. The monoisotopic (exact) mass is 399 g/mol. The van der Waals surface area contributed by atoms with Crippen LogP contribution in [0.15, 0.2) is 55.0 Å². The van der Waals surface area contributed by atoms with E-state index >= 15 is 0 Å². The highest BCUT2D eigenvalue weighted by molar-refractivity contribution is 5.77. The van der Waals surface area contributed by atoms with Crippen molar-refractivity contribution >= 4 is 22.8 Å². The largest absolute Gasteiger partial charge is 0.324 e. The number of hydrogen-bond donors (Lipinski definition) is 1. The van der Waals surface area contributed by atoms with Gasteiger partial charge in [0.25, 0.3) is 0 Å². The lowest BCUT2D eigenvalue weighted by molar-refractivity contribution is 0.221. The average Bonchev–Trinajstić information content (AvgIpc) is 3.12. The molecule has 0 amide bonds. The van der Waals surface area contributed by atoms with Crippen LogP contribution in [0, 0.1) is 0 Å². The molecule has 0 spiro atoms. The van der Waals surface area contributed by atoms with Gasteiger partial charge in [0, 0.05) is 37.2 Å². The number of rotatable bonds is 5. The van der Waals surface area contributed by atoms with Gasteiger partial charge in [-0.15, -0.1) is 0 Å². The molecule has 1 saturated heterocycles. The molecule has 1 fully saturated rings. The molecule has 7 heteroatoms. The van der Waals surface area contributed by atoms with Gasteiger partial charge in [0.2, 0.25) is 5.95 Å². The molecule has 5 rings (SSSR count). The molecule has 1 aliphatic heterocycles. The van der Waals surface area contributed by atoms with Gasteiger partial charge in [0.15, 0.2) is 5.65 Å². The standard InChI is InChI=1S/C23H25N7/c1-29-21(18-9-11-24-12-10-18)27-20-15-25-23(28-22(20)29)26-19-7-5-17(6-8-19)16-30-13-3-2-4-14-30/h5-12,15H,2-4,13-14,16H2,1H3,(H,25,26,28). The molecule has 0 bridgehead atoms. The molecule has 3 aromatic heterocycles. The fourth-order valence-electron chi connectivity index (χ4n) is 4.00. The van der Waals surface area contributed by atoms with Crippen LogP contribution in [0.5, 0.6) is 0 Å². The minimum Gasteiger partial charge on any atom is -0.324 e. The van der Waals surface area contributed by atoms with E-state index in [1.54, 1.807) is 18.6 Å². The molecular formula is C23H25N7. The quantitative estimate of drug-likeness (QED) is 0.543. The van der Waals surface area contributed by atoms with Crippen LogP contribution in [0.2, 0.25) is 0 Å². The Morgan fingerprint density at radius 1 is 0.933 bits per heavy atom. The number of hydrogen-bond acceptors (Lipinski definition) is 6. The number of imidazole rings is 1. The summed E-state index contributed by atoms with van der Waals surface area (Å²) < 4.78 is 1.99. The Morgan fingerprint density at radius 3 is 2.47 bits per heavy atom. The molecule has 1 aromatic carbocycles. The molecule has 0 saturated carbocycles. The van der Waals surface area contributed by atoms with Gasteiger partial charge in [-0.05, 0) is 55.8 Å². The van der Waals surface area contributed by atoms with Gasteiger partial charge < -0.3 is 9.88 Å². The van der Waals surface area contributed by atoms with Crippen molar-refractivity contribution in [3.63, 3.8) is 0 Å². The first kappa shape index (κ1) is 18.7. The number of aryl methyl sites for hydroxylation is 1. The molecule has 4 heterocycles. The number of aromatic nitrogens is 5. The molecule has 4 aromatic rings. The van der Waals surface area contributed by atoms with E-state index < -0.39 is 0 Å². The maximum atomic E-state index is 4.69. The predicted octanol–water partition coefficient (Wildman–Crippen LogP) is 4.15. The third-order valence-electron chi connectivity index (χ3n) is 5.62. The van der Waals surface area contributed by atoms with Crippen LogP contribution in [-0.4, -0.2) is 42.5 Å². The normalized spacial score (nSPS) is 14.8. The molecule has 0 aliphatic carbocycles. The second-order valence-electron chi connectivity index (χ2n) is 7.79. The zero-order valence-corrected chi connectivity index (χ0v) is 17.1. The van der Waals surface area contributed by atoms with Gasteiger partial charge in [-0.2, -0.15) is 4.98 Å². The van der Waals surface area contributed by atoms with E-state index in [9.17, 15) is 0 Å². The topological polar surface area (TPSA) is 71.8 Å². The summed E-state index contributed by atoms with van der Waals surface area (Å²) >= 11 is 0. The predicted molar refractivity (Wildman–Crippen MR) is 118 cm³/mol. The third-order valence-corrected chi connectivity index (χ3v) is 5.62. The Morgan fingerprint density at radius 2 is 1.70 bits per heavy atom. The van der Waals surface area contributed by atoms with E-state index in [1.165, 1.54) is 37.9 Å². The summed E-state index contributed by atoms with van der Waals surface area (Å²) in [7, 11) is 1.97. The number of nitrogens with one attached hydrogen (secondary N) is 1. The van der Waals surface area contributed by atoms with Crippen molar-refractivity contribution in [1.82, 2.24) is 29.4 Å². The third kappa shape index (κ3) is 3.89. The van der Waals surface area contributed by atoms with Gasteiger partial charge >= 0.3 is 0 Å². The molecule has 30 heavy (non-hydrogen) atoms. The first-order chi connectivity index (χ1) is 14.8. The highest BCUT2D eigenvalue weighted by Gasteiger charge is 2.13. The lowest BCUT2D eigenvalue weighted by Gasteiger charge is -2.26. The molecule has 7 nitrogen and oxygen atoms in total. The second-order valence-corrected chi connectivity index (χ2v) is 7.79. The highest BCUT2D eigenvalue weighted by atomic mass is 15.2. The fraction of sp³-hybridized carbons (Fsp3) is 0.304. The lowest BCUT2D eigenvalue weighted by atomic mass is 10.1. The van der Waals surface area contributed by atoms with E-state index in [2.05, 4.69) is 54.4 Å². The van der Waals surface area contributed by atoms with Gasteiger partial charge in [0.1, 0.15) is 11.3 Å². The van der Waals surface area contributed by atoms with Gasteiger partial charge in [-0.3, -0.25) is 9.88 Å². The van der Waals surface area contributed by atoms with Crippen LogP contribution in [-0.2, 0) is 13.6 Å². The molecule has 0 radical (unpaired) electrons. The number of piperidine rings is 1. The molecule has 0 unspecified atom stereocenters. The zero-order valence-electron chi connectivity index (χ0n) is 17.1. The summed E-state index contributed by atoms with van der Waals surface area (Å²) in [5.74, 6) is 1.41. The van der Waals surface area contributed by atoms with Crippen LogP contribution in [0.3, 0.4) is 0 Å². The Bertz CT molecular complexity index is 1130. The number of pyridine rings is 1. The van der Waals surface area contributed by atoms with E-state index in [-0.39, 0.29) is 0 Å². The lowest BCUT2D eigenvalue weighted by Crippen LogP contribution is -2.29.